The Morgan fingerprint density at radius 2 is 2.32 bits per heavy atom. The molecule has 102 valence electrons. The van der Waals surface area contributed by atoms with E-state index in [9.17, 15) is 4.79 Å². The summed E-state index contributed by atoms with van der Waals surface area (Å²) in [6.45, 7) is 4.88. The maximum absolute atomic E-state index is 12.0. The summed E-state index contributed by atoms with van der Waals surface area (Å²) in [7, 11) is 0. The minimum absolute atomic E-state index is 0.242. The molecule has 0 atom stereocenters. The van der Waals surface area contributed by atoms with Gasteiger partial charge in [0.1, 0.15) is 22.2 Å². The predicted octanol–water partition coefficient (Wildman–Crippen LogP) is 1.99. The second-order valence-corrected chi connectivity index (χ2v) is 4.96. The van der Waals surface area contributed by atoms with Gasteiger partial charge in [-0.3, -0.25) is 4.79 Å². The summed E-state index contributed by atoms with van der Waals surface area (Å²) in [6.07, 6.45) is 0. The van der Waals surface area contributed by atoms with E-state index in [1.165, 1.54) is 11.3 Å². The Labute approximate surface area is 115 Å². The highest BCUT2D eigenvalue weighted by Crippen LogP contribution is 2.24. The van der Waals surface area contributed by atoms with Crippen molar-refractivity contribution < 1.29 is 9.21 Å². The highest BCUT2D eigenvalue weighted by molar-refractivity contribution is 7.18. The number of aryl methyl sites for hydroxylation is 1. The third kappa shape index (κ3) is 3.25. The number of hydrogen-bond acceptors (Lipinski definition) is 6. The van der Waals surface area contributed by atoms with Crippen LogP contribution in [-0.2, 0) is 6.54 Å². The van der Waals surface area contributed by atoms with E-state index in [1.807, 2.05) is 26.0 Å². The number of furan rings is 1. The van der Waals surface area contributed by atoms with Crippen molar-refractivity contribution in [3.05, 3.63) is 28.5 Å². The zero-order valence-electron chi connectivity index (χ0n) is 10.8. The van der Waals surface area contributed by atoms with E-state index in [2.05, 4.69) is 15.6 Å². The smallest absolute Gasteiger partial charge is 0.265 e. The SMILES string of the molecule is CCNc1nc(N)c(C(=O)NCc2ccc(C)o2)s1. The van der Waals surface area contributed by atoms with E-state index in [1.54, 1.807) is 0 Å². The zero-order valence-corrected chi connectivity index (χ0v) is 11.6. The molecule has 2 aromatic rings. The Morgan fingerprint density at radius 3 is 2.95 bits per heavy atom. The van der Waals surface area contributed by atoms with Crippen LogP contribution in [0.2, 0.25) is 0 Å². The Kier molecular flexibility index (Phi) is 4.06. The Hall–Kier alpha value is -2.02. The number of nitrogens with one attached hydrogen (secondary N) is 2. The first-order valence-electron chi connectivity index (χ1n) is 5.93. The fourth-order valence-corrected chi connectivity index (χ4v) is 2.42. The molecule has 0 aromatic carbocycles. The van der Waals surface area contributed by atoms with Gasteiger partial charge in [0, 0.05) is 6.54 Å². The quantitative estimate of drug-likeness (QED) is 0.778. The largest absolute Gasteiger partial charge is 0.465 e. The molecule has 1 amide bonds. The van der Waals surface area contributed by atoms with Crippen LogP contribution >= 0.6 is 11.3 Å². The van der Waals surface area contributed by atoms with Gasteiger partial charge < -0.3 is 20.8 Å². The highest BCUT2D eigenvalue weighted by atomic mass is 32.1. The molecule has 0 spiro atoms. The number of hydrogen-bond donors (Lipinski definition) is 3. The Morgan fingerprint density at radius 1 is 1.53 bits per heavy atom. The van der Waals surface area contributed by atoms with Gasteiger partial charge in [0.05, 0.1) is 6.54 Å². The maximum atomic E-state index is 12.0. The first-order valence-corrected chi connectivity index (χ1v) is 6.75. The Bertz CT molecular complexity index is 576. The molecule has 19 heavy (non-hydrogen) atoms. The molecule has 0 aliphatic heterocycles. The van der Waals surface area contributed by atoms with Crippen LogP contribution in [0.3, 0.4) is 0 Å². The second-order valence-electron chi connectivity index (χ2n) is 3.96. The fourth-order valence-electron chi connectivity index (χ4n) is 1.55. The van der Waals surface area contributed by atoms with E-state index >= 15 is 0 Å². The summed E-state index contributed by atoms with van der Waals surface area (Å²) in [4.78, 5) is 16.5. The summed E-state index contributed by atoms with van der Waals surface area (Å²) < 4.78 is 5.37. The van der Waals surface area contributed by atoms with E-state index in [0.29, 0.717) is 22.3 Å². The third-order valence-electron chi connectivity index (χ3n) is 2.41. The zero-order chi connectivity index (χ0) is 13.8. The number of nitrogens with zero attached hydrogens (tertiary/aromatic N) is 1. The molecule has 4 N–H and O–H groups in total. The molecule has 0 saturated carbocycles. The fraction of sp³-hybridized carbons (Fsp3) is 0.333. The summed E-state index contributed by atoms with van der Waals surface area (Å²) in [5.41, 5.74) is 5.72. The lowest BCUT2D eigenvalue weighted by Gasteiger charge is -2.01. The number of amides is 1. The molecule has 0 aliphatic rings. The first-order chi connectivity index (χ1) is 9.10. The molecule has 0 unspecified atom stereocenters. The molecular weight excluding hydrogens is 264 g/mol. The van der Waals surface area contributed by atoms with Crippen LogP contribution < -0.4 is 16.4 Å². The number of aromatic nitrogens is 1. The lowest BCUT2D eigenvalue weighted by atomic mass is 10.4. The van der Waals surface area contributed by atoms with Crippen LogP contribution in [0.4, 0.5) is 10.9 Å². The van der Waals surface area contributed by atoms with Crippen molar-refractivity contribution in [2.24, 2.45) is 0 Å². The standard InChI is InChI=1S/C12H16N4O2S/c1-3-14-12-16-10(13)9(19-12)11(17)15-6-8-5-4-7(2)18-8/h4-5H,3,6,13H2,1-2H3,(H,14,16)(H,15,17). The summed E-state index contributed by atoms with van der Waals surface area (Å²) in [5.74, 6) is 1.53. The Balaban J connectivity index is 1.99. The molecule has 2 aromatic heterocycles. The monoisotopic (exact) mass is 280 g/mol. The summed E-state index contributed by atoms with van der Waals surface area (Å²) in [6, 6.07) is 3.68. The van der Waals surface area contributed by atoms with Crippen molar-refractivity contribution in [3.63, 3.8) is 0 Å². The minimum atomic E-state index is -0.242. The van der Waals surface area contributed by atoms with Gasteiger partial charge in [-0.15, -0.1) is 0 Å². The van der Waals surface area contributed by atoms with Crippen LogP contribution in [0.1, 0.15) is 28.1 Å². The van der Waals surface area contributed by atoms with E-state index in [4.69, 9.17) is 10.2 Å². The average Bonchev–Trinajstić information content (AvgIpc) is 2.93. The van der Waals surface area contributed by atoms with E-state index in [0.717, 1.165) is 12.3 Å². The van der Waals surface area contributed by atoms with Gasteiger partial charge in [-0.05, 0) is 26.0 Å². The van der Waals surface area contributed by atoms with Gasteiger partial charge in [0.25, 0.3) is 5.91 Å². The van der Waals surface area contributed by atoms with Crippen LogP contribution in [-0.4, -0.2) is 17.4 Å². The average molecular weight is 280 g/mol. The lowest BCUT2D eigenvalue weighted by molar-refractivity contribution is 0.0952. The summed E-state index contributed by atoms with van der Waals surface area (Å²) >= 11 is 1.24. The third-order valence-corrected chi connectivity index (χ3v) is 3.43. The number of nitrogen functional groups attached to an aromatic ring is 1. The van der Waals surface area contributed by atoms with Crippen LogP contribution in [0, 0.1) is 6.92 Å². The van der Waals surface area contributed by atoms with Crippen LogP contribution in [0.5, 0.6) is 0 Å². The maximum Gasteiger partial charge on any atom is 0.265 e. The normalized spacial score (nSPS) is 10.4. The molecule has 7 heteroatoms. The number of rotatable bonds is 5. The number of nitrogens with two attached hydrogens (primary N) is 1. The molecular formula is C12H16N4O2S. The van der Waals surface area contributed by atoms with Crippen molar-refractivity contribution >= 4 is 28.2 Å². The van der Waals surface area contributed by atoms with Gasteiger partial charge in [-0.2, -0.15) is 0 Å². The van der Waals surface area contributed by atoms with Gasteiger partial charge in [0.2, 0.25) is 0 Å². The lowest BCUT2D eigenvalue weighted by Crippen LogP contribution is -2.22. The van der Waals surface area contributed by atoms with Crippen molar-refractivity contribution in [2.45, 2.75) is 20.4 Å². The van der Waals surface area contributed by atoms with Crippen LogP contribution in [0.15, 0.2) is 16.5 Å². The molecule has 2 rings (SSSR count). The van der Waals surface area contributed by atoms with Crippen molar-refractivity contribution in [1.82, 2.24) is 10.3 Å². The van der Waals surface area contributed by atoms with Gasteiger partial charge in [0.15, 0.2) is 5.13 Å². The predicted molar refractivity (Wildman–Crippen MR) is 75.3 cm³/mol. The first kappa shape index (κ1) is 13.4. The summed E-state index contributed by atoms with van der Waals surface area (Å²) in [5, 5.41) is 6.44. The topological polar surface area (TPSA) is 93.2 Å². The van der Waals surface area contributed by atoms with E-state index in [-0.39, 0.29) is 11.7 Å². The van der Waals surface area contributed by atoms with Gasteiger partial charge in [-0.25, -0.2) is 4.98 Å². The molecule has 0 bridgehead atoms. The number of carbonyl (C=O) groups excluding carboxylic acids is 1. The molecule has 2 heterocycles. The number of anilines is 2. The highest BCUT2D eigenvalue weighted by Gasteiger charge is 2.16. The van der Waals surface area contributed by atoms with Crippen molar-refractivity contribution in [3.8, 4) is 0 Å². The minimum Gasteiger partial charge on any atom is -0.465 e. The van der Waals surface area contributed by atoms with E-state index < -0.39 is 0 Å². The van der Waals surface area contributed by atoms with Gasteiger partial charge in [-0.1, -0.05) is 11.3 Å². The molecule has 0 radical (unpaired) electrons. The molecule has 0 fully saturated rings. The number of carbonyl (C=O) groups is 1. The molecule has 0 aliphatic carbocycles. The van der Waals surface area contributed by atoms with Crippen molar-refractivity contribution in [1.29, 1.82) is 0 Å². The van der Waals surface area contributed by atoms with Crippen LogP contribution in [0.25, 0.3) is 0 Å². The van der Waals surface area contributed by atoms with Crippen molar-refractivity contribution in [2.75, 3.05) is 17.6 Å². The second kappa shape index (κ2) is 5.75. The van der Waals surface area contributed by atoms with Gasteiger partial charge >= 0.3 is 0 Å². The molecule has 6 nitrogen and oxygen atoms in total. The molecule has 0 saturated heterocycles. The number of thiazole rings is 1.